The highest BCUT2D eigenvalue weighted by Gasteiger charge is 2.08. The van der Waals surface area contributed by atoms with Crippen molar-refractivity contribution in [2.75, 3.05) is 7.05 Å². The number of rotatable bonds is 2. The summed E-state index contributed by atoms with van der Waals surface area (Å²) in [6.07, 6.45) is 0. The van der Waals surface area contributed by atoms with Gasteiger partial charge in [0.25, 0.3) is 7.05 Å². The van der Waals surface area contributed by atoms with Gasteiger partial charge in [-0.3, -0.25) is 0 Å². The molecule has 0 bridgehead atoms. The molecule has 2 aromatic rings. The number of hydrogen-bond donors (Lipinski definition) is 0. The summed E-state index contributed by atoms with van der Waals surface area (Å²) in [5.74, 6) is 1.39. The Morgan fingerprint density at radius 3 is 3.00 bits per heavy atom. The Kier molecular flexibility index (Phi) is 3.55. The first-order chi connectivity index (χ1) is 8.19. The first kappa shape index (κ1) is 11.8. The summed E-state index contributed by atoms with van der Waals surface area (Å²) >= 11 is 3.45. The second-order valence-electron chi connectivity index (χ2n) is 3.61. The van der Waals surface area contributed by atoms with Gasteiger partial charge in [0.15, 0.2) is 0 Å². The maximum atomic E-state index is 4.31. The van der Waals surface area contributed by atoms with E-state index in [9.17, 15) is 0 Å². The number of hydrogen-bond acceptors (Lipinski definition) is 2. The molecule has 0 aliphatic carbocycles. The van der Waals surface area contributed by atoms with Crippen LogP contribution in [0.3, 0.4) is 0 Å². The molecule has 0 N–H and O–H groups in total. The van der Waals surface area contributed by atoms with Gasteiger partial charge in [0, 0.05) is 4.47 Å². The fourth-order valence-corrected chi connectivity index (χ4v) is 1.97. The van der Waals surface area contributed by atoms with Crippen LogP contribution in [0.4, 0.5) is 0 Å². The molecule has 1 aromatic heterocycles. The predicted molar refractivity (Wildman–Crippen MR) is 70.3 cm³/mol. The van der Waals surface area contributed by atoms with Crippen LogP contribution in [0.25, 0.3) is 4.85 Å². The topological polar surface area (TPSA) is 35.1 Å². The van der Waals surface area contributed by atoms with Crippen LogP contribution in [0.5, 0.6) is 0 Å². The van der Waals surface area contributed by atoms with E-state index >= 15 is 0 Å². The third-order valence-corrected chi connectivity index (χ3v) is 2.78. The van der Waals surface area contributed by atoms with Crippen molar-refractivity contribution >= 4 is 15.9 Å². The summed E-state index contributed by atoms with van der Waals surface area (Å²) in [5.41, 5.74) is 1.17. The molecule has 0 spiro atoms. The van der Waals surface area contributed by atoms with Crippen molar-refractivity contribution in [3.8, 4) is 6.07 Å². The minimum atomic E-state index is 0.528. The molecular formula is C12H12BrN4+. The first-order valence-electron chi connectivity index (χ1n) is 5.20. The van der Waals surface area contributed by atoms with Crippen LogP contribution in [-0.2, 0) is 6.54 Å². The van der Waals surface area contributed by atoms with Gasteiger partial charge in [-0.05, 0) is 24.6 Å². The molecule has 86 valence electrons. The molecule has 0 saturated carbocycles. The third kappa shape index (κ3) is 2.92. The largest absolute Gasteiger partial charge is 0.354 e. The van der Waals surface area contributed by atoms with E-state index in [-0.39, 0.29) is 0 Å². The second kappa shape index (κ2) is 5.11. The summed E-state index contributed by atoms with van der Waals surface area (Å²) in [5, 5.41) is 4.31. The lowest BCUT2D eigenvalue weighted by Gasteiger charge is -2.03. The second-order valence-corrected chi connectivity index (χ2v) is 4.52. The van der Waals surface area contributed by atoms with Gasteiger partial charge >= 0.3 is 11.9 Å². The van der Waals surface area contributed by atoms with E-state index in [1.165, 1.54) is 5.56 Å². The Bertz CT molecular complexity index is 592. The van der Waals surface area contributed by atoms with Crippen LogP contribution in [0.1, 0.15) is 17.2 Å². The predicted octanol–water partition coefficient (Wildman–Crippen LogP) is 2.71. The van der Waals surface area contributed by atoms with Crippen molar-refractivity contribution in [3.63, 3.8) is 0 Å². The highest BCUT2D eigenvalue weighted by atomic mass is 79.9. The number of nitrogens with zero attached hydrogens (tertiary/aromatic N) is 4. The summed E-state index contributed by atoms with van der Waals surface area (Å²) in [6.45, 7) is 2.62. The number of halogens is 1. The van der Waals surface area contributed by atoms with Gasteiger partial charge in [0.2, 0.25) is 0 Å². The number of benzene rings is 1. The summed E-state index contributed by atoms with van der Waals surface area (Å²) < 4.78 is 2.91. The van der Waals surface area contributed by atoms with E-state index in [0.717, 1.165) is 10.3 Å². The van der Waals surface area contributed by atoms with Crippen LogP contribution < -0.4 is 0 Å². The Balaban J connectivity index is 2.26. The van der Waals surface area contributed by atoms with Crippen molar-refractivity contribution < 1.29 is 0 Å². The first-order valence-corrected chi connectivity index (χ1v) is 5.99. The maximum absolute atomic E-state index is 4.31. The average molecular weight is 292 g/mol. The lowest BCUT2D eigenvalue weighted by atomic mass is 10.2. The Morgan fingerprint density at radius 1 is 1.47 bits per heavy atom. The molecule has 17 heavy (non-hydrogen) atoms. The van der Waals surface area contributed by atoms with Crippen molar-refractivity contribution in [1.82, 2.24) is 14.8 Å². The van der Waals surface area contributed by atoms with Gasteiger partial charge in [0.1, 0.15) is 5.82 Å². The van der Waals surface area contributed by atoms with Crippen molar-refractivity contribution in [2.45, 2.75) is 13.5 Å². The van der Waals surface area contributed by atoms with E-state index in [4.69, 9.17) is 0 Å². The molecule has 0 fully saturated rings. The zero-order valence-electron chi connectivity index (χ0n) is 9.68. The molecule has 0 amide bonds. The average Bonchev–Trinajstić information content (AvgIpc) is 2.60. The third-order valence-electron chi connectivity index (χ3n) is 2.29. The molecule has 0 unspecified atom stereocenters. The van der Waals surface area contributed by atoms with Crippen LogP contribution in [0.2, 0.25) is 0 Å². The zero-order valence-corrected chi connectivity index (χ0v) is 11.3. The zero-order chi connectivity index (χ0) is 12.3. The van der Waals surface area contributed by atoms with Crippen molar-refractivity contribution in [1.29, 1.82) is 0 Å². The van der Waals surface area contributed by atoms with Crippen LogP contribution in [0.15, 0.2) is 28.7 Å². The van der Waals surface area contributed by atoms with Gasteiger partial charge in [-0.1, -0.05) is 32.9 Å². The molecule has 4 nitrogen and oxygen atoms in total. The van der Waals surface area contributed by atoms with Crippen LogP contribution in [0, 0.1) is 13.0 Å². The molecule has 2 rings (SSSR count). The Morgan fingerprint density at radius 2 is 2.29 bits per heavy atom. The molecule has 0 aliphatic rings. The van der Waals surface area contributed by atoms with Gasteiger partial charge in [-0.25, -0.2) is 4.68 Å². The molecule has 0 atom stereocenters. The molecule has 0 saturated heterocycles. The quantitative estimate of drug-likeness (QED) is 0.853. The summed E-state index contributed by atoms with van der Waals surface area (Å²) in [4.78, 5) is 8.04. The van der Waals surface area contributed by atoms with E-state index in [1.54, 1.807) is 7.05 Å². The lowest BCUT2D eigenvalue weighted by Crippen LogP contribution is -2.04. The highest BCUT2D eigenvalue weighted by molar-refractivity contribution is 9.10. The van der Waals surface area contributed by atoms with E-state index in [0.29, 0.717) is 12.4 Å². The lowest BCUT2D eigenvalue weighted by molar-refractivity contribution is 0.659. The molecule has 1 aromatic carbocycles. The maximum Gasteiger partial charge on any atom is 0.354 e. The van der Waals surface area contributed by atoms with Crippen molar-refractivity contribution in [3.05, 3.63) is 50.8 Å². The van der Waals surface area contributed by atoms with Gasteiger partial charge < -0.3 is 0 Å². The molecule has 1 heterocycles. The number of aryl methyl sites for hydroxylation is 1. The number of aromatic nitrogens is 3. The Labute approximate surface area is 108 Å². The van der Waals surface area contributed by atoms with Gasteiger partial charge in [0.05, 0.1) is 6.54 Å². The normalized spacial score (nSPS) is 9.82. The van der Waals surface area contributed by atoms with Gasteiger partial charge in [-0.15, -0.1) is 5.10 Å². The Hall–Kier alpha value is -1.67. The van der Waals surface area contributed by atoms with E-state index < -0.39 is 0 Å². The van der Waals surface area contributed by atoms with E-state index in [2.05, 4.69) is 49.1 Å². The minimum Gasteiger partial charge on any atom is -0.244 e. The smallest absolute Gasteiger partial charge is 0.244 e. The summed E-state index contributed by atoms with van der Waals surface area (Å²) in [6, 6.07) is 10.9. The van der Waals surface area contributed by atoms with Crippen LogP contribution in [-0.4, -0.2) is 21.8 Å². The van der Waals surface area contributed by atoms with E-state index in [1.807, 2.05) is 23.7 Å². The standard InChI is InChI=1S/C12H12BrN4/c1-9-15-12(7-14-2)16-17(9)8-10-4-3-5-11(13)6-10/h3-6H,8H2,1-2H3/q+1. The van der Waals surface area contributed by atoms with Gasteiger partial charge in [-0.2, -0.15) is 4.98 Å². The highest BCUT2D eigenvalue weighted by Crippen LogP contribution is 2.13. The molecular weight excluding hydrogens is 280 g/mol. The fraction of sp³-hybridized carbons (Fsp3) is 0.250. The van der Waals surface area contributed by atoms with Crippen molar-refractivity contribution in [2.24, 2.45) is 0 Å². The molecule has 0 radical (unpaired) electrons. The molecule has 5 heteroatoms. The monoisotopic (exact) mass is 291 g/mol. The fourth-order valence-electron chi connectivity index (χ4n) is 1.53. The summed E-state index contributed by atoms with van der Waals surface area (Å²) in [7, 11) is 1.66. The molecule has 0 aliphatic heterocycles. The minimum absolute atomic E-state index is 0.528. The SMILES string of the molecule is C[N+]#Cc1nc(C)n(Cc2cccc(Br)c2)n1. The van der Waals surface area contributed by atoms with Crippen LogP contribution >= 0.6 is 15.9 Å².